The van der Waals surface area contributed by atoms with Crippen molar-refractivity contribution in [1.29, 1.82) is 0 Å². The second-order valence-electron chi connectivity index (χ2n) is 7.21. The minimum atomic E-state index is -0.0531. The number of hydrogen-bond acceptors (Lipinski definition) is 3. The third kappa shape index (κ3) is 4.55. The molecule has 1 saturated carbocycles. The SMILES string of the molecule is O=C(Cc1ccc(-c2ccccc2)cc1)NCCn1cnc(C2CC2)cc1=O. The van der Waals surface area contributed by atoms with Crippen LogP contribution in [0.1, 0.15) is 30.0 Å². The van der Waals surface area contributed by atoms with Gasteiger partial charge in [-0.2, -0.15) is 0 Å². The molecule has 5 heteroatoms. The van der Waals surface area contributed by atoms with E-state index in [1.54, 1.807) is 17.0 Å². The van der Waals surface area contributed by atoms with Crippen LogP contribution in [0.5, 0.6) is 0 Å². The van der Waals surface area contributed by atoms with Crippen LogP contribution in [0.2, 0.25) is 0 Å². The van der Waals surface area contributed by atoms with E-state index in [-0.39, 0.29) is 11.5 Å². The van der Waals surface area contributed by atoms with Crippen LogP contribution in [0.3, 0.4) is 0 Å². The molecule has 4 rings (SSSR count). The lowest BCUT2D eigenvalue weighted by Gasteiger charge is -2.08. The van der Waals surface area contributed by atoms with Crippen molar-refractivity contribution in [1.82, 2.24) is 14.9 Å². The van der Waals surface area contributed by atoms with Gasteiger partial charge in [-0.3, -0.25) is 14.2 Å². The first-order chi connectivity index (χ1) is 13.7. The molecule has 5 nitrogen and oxygen atoms in total. The van der Waals surface area contributed by atoms with Gasteiger partial charge in [-0.25, -0.2) is 4.98 Å². The summed E-state index contributed by atoms with van der Waals surface area (Å²) < 4.78 is 1.54. The zero-order chi connectivity index (χ0) is 19.3. The van der Waals surface area contributed by atoms with E-state index in [0.29, 0.717) is 25.4 Å². The van der Waals surface area contributed by atoms with Gasteiger partial charge >= 0.3 is 0 Å². The Kier molecular flexibility index (Phi) is 5.33. The maximum atomic E-state index is 12.2. The summed E-state index contributed by atoms with van der Waals surface area (Å²) in [5.74, 6) is 0.415. The lowest BCUT2D eigenvalue weighted by Crippen LogP contribution is -2.31. The number of nitrogens with one attached hydrogen (secondary N) is 1. The molecule has 0 unspecified atom stereocenters. The summed E-state index contributed by atoms with van der Waals surface area (Å²) in [6, 6.07) is 19.8. The van der Waals surface area contributed by atoms with Gasteiger partial charge in [0.15, 0.2) is 0 Å². The van der Waals surface area contributed by atoms with E-state index in [9.17, 15) is 9.59 Å². The molecule has 0 aliphatic heterocycles. The summed E-state index contributed by atoms with van der Waals surface area (Å²) in [5.41, 5.74) is 4.09. The Bertz CT molecular complexity index is 1010. The largest absolute Gasteiger partial charge is 0.354 e. The highest BCUT2D eigenvalue weighted by Gasteiger charge is 2.25. The molecule has 1 fully saturated rings. The zero-order valence-electron chi connectivity index (χ0n) is 15.7. The summed E-state index contributed by atoms with van der Waals surface area (Å²) in [6.45, 7) is 0.834. The minimum absolute atomic E-state index is 0.0527. The fourth-order valence-electron chi connectivity index (χ4n) is 3.22. The summed E-state index contributed by atoms with van der Waals surface area (Å²) in [7, 11) is 0. The fraction of sp³-hybridized carbons (Fsp3) is 0.261. The first-order valence-electron chi connectivity index (χ1n) is 9.66. The molecule has 0 atom stereocenters. The molecular weight excluding hydrogens is 350 g/mol. The Hall–Kier alpha value is -3.21. The van der Waals surface area contributed by atoms with Gasteiger partial charge in [0, 0.05) is 25.1 Å². The number of hydrogen-bond donors (Lipinski definition) is 1. The van der Waals surface area contributed by atoms with Gasteiger partial charge in [0.2, 0.25) is 5.91 Å². The van der Waals surface area contributed by atoms with Crippen molar-refractivity contribution in [2.45, 2.75) is 31.7 Å². The molecule has 0 bridgehead atoms. The second kappa shape index (κ2) is 8.21. The van der Waals surface area contributed by atoms with Crippen molar-refractivity contribution in [3.8, 4) is 11.1 Å². The number of amides is 1. The first-order valence-corrected chi connectivity index (χ1v) is 9.66. The number of benzene rings is 2. The average Bonchev–Trinajstić information content (AvgIpc) is 3.56. The van der Waals surface area contributed by atoms with E-state index < -0.39 is 0 Å². The van der Waals surface area contributed by atoms with Crippen LogP contribution in [-0.2, 0) is 17.8 Å². The smallest absolute Gasteiger partial charge is 0.253 e. The normalized spacial score (nSPS) is 13.3. The highest BCUT2D eigenvalue weighted by atomic mass is 16.1. The Balaban J connectivity index is 1.27. The van der Waals surface area contributed by atoms with Crippen molar-refractivity contribution in [3.63, 3.8) is 0 Å². The Labute approximate surface area is 164 Å². The lowest BCUT2D eigenvalue weighted by atomic mass is 10.0. The molecule has 1 aliphatic rings. The van der Waals surface area contributed by atoms with Crippen LogP contribution < -0.4 is 10.9 Å². The Morgan fingerprint density at radius 1 is 1.04 bits per heavy atom. The van der Waals surface area contributed by atoms with Crippen LogP contribution in [0, 0.1) is 0 Å². The summed E-state index contributed by atoms with van der Waals surface area (Å²) in [6.07, 6.45) is 4.16. The van der Waals surface area contributed by atoms with Crippen molar-refractivity contribution in [2.24, 2.45) is 0 Å². The molecule has 1 N–H and O–H groups in total. The molecule has 0 radical (unpaired) electrons. The molecule has 1 heterocycles. The minimum Gasteiger partial charge on any atom is -0.354 e. The molecule has 0 spiro atoms. The van der Waals surface area contributed by atoms with Gasteiger partial charge < -0.3 is 5.32 Å². The molecule has 28 heavy (non-hydrogen) atoms. The fourth-order valence-corrected chi connectivity index (χ4v) is 3.22. The number of aromatic nitrogens is 2. The number of carbonyl (C=O) groups is 1. The number of carbonyl (C=O) groups excluding carboxylic acids is 1. The Morgan fingerprint density at radius 3 is 2.43 bits per heavy atom. The van der Waals surface area contributed by atoms with Gasteiger partial charge in [0.25, 0.3) is 5.56 Å². The van der Waals surface area contributed by atoms with Crippen molar-refractivity contribution in [2.75, 3.05) is 6.54 Å². The predicted molar refractivity (Wildman–Crippen MR) is 109 cm³/mol. The molecule has 2 aromatic carbocycles. The summed E-state index contributed by atoms with van der Waals surface area (Å²) in [4.78, 5) is 28.6. The quantitative estimate of drug-likeness (QED) is 0.692. The molecule has 3 aromatic rings. The molecule has 0 saturated heterocycles. The highest BCUT2D eigenvalue weighted by molar-refractivity contribution is 5.78. The summed E-state index contributed by atoms with van der Waals surface area (Å²) in [5, 5.41) is 2.88. The van der Waals surface area contributed by atoms with Crippen LogP contribution >= 0.6 is 0 Å². The van der Waals surface area contributed by atoms with E-state index in [1.165, 1.54) is 0 Å². The summed E-state index contributed by atoms with van der Waals surface area (Å²) >= 11 is 0. The Morgan fingerprint density at radius 2 is 1.75 bits per heavy atom. The van der Waals surface area contributed by atoms with E-state index in [2.05, 4.69) is 22.4 Å². The van der Waals surface area contributed by atoms with E-state index >= 15 is 0 Å². The maximum absolute atomic E-state index is 12.2. The van der Waals surface area contributed by atoms with Crippen LogP contribution in [-0.4, -0.2) is 22.0 Å². The zero-order valence-corrected chi connectivity index (χ0v) is 15.7. The number of rotatable bonds is 7. The van der Waals surface area contributed by atoms with E-state index in [4.69, 9.17) is 0 Å². The monoisotopic (exact) mass is 373 g/mol. The van der Waals surface area contributed by atoms with Gasteiger partial charge in [0.1, 0.15) is 0 Å². The van der Waals surface area contributed by atoms with Crippen LogP contribution in [0.15, 0.2) is 71.8 Å². The van der Waals surface area contributed by atoms with Gasteiger partial charge in [-0.1, -0.05) is 54.6 Å². The highest BCUT2D eigenvalue weighted by Crippen LogP contribution is 2.38. The van der Waals surface area contributed by atoms with Crippen molar-refractivity contribution < 1.29 is 4.79 Å². The van der Waals surface area contributed by atoms with Crippen molar-refractivity contribution >= 4 is 5.91 Å². The van der Waals surface area contributed by atoms with Gasteiger partial charge in [-0.05, 0) is 29.5 Å². The third-order valence-corrected chi connectivity index (χ3v) is 5.00. The predicted octanol–water partition coefficient (Wildman–Crippen LogP) is 3.15. The average molecular weight is 373 g/mol. The van der Waals surface area contributed by atoms with Crippen LogP contribution in [0.25, 0.3) is 11.1 Å². The van der Waals surface area contributed by atoms with Crippen LogP contribution in [0.4, 0.5) is 0 Å². The topological polar surface area (TPSA) is 64.0 Å². The molecule has 1 aromatic heterocycles. The van der Waals surface area contributed by atoms with Crippen molar-refractivity contribution in [3.05, 3.63) is 88.6 Å². The molecule has 1 aliphatic carbocycles. The van der Waals surface area contributed by atoms with Gasteiger partial charge in [-0.15, -0.1) is 0 Å². The standard InChI is InChI=1S/C23H23N3O2/c27-22(14-17-6-8-19(9-7-17)18-4-2-1-3-5-18)24-12-13-26-16-25-21(15-23(26)28)20-10-11-20/h1-9,15-16,20H,10-14H2,(H,24,27). The number of nitrogens with zero attached hydrogens (tertiary/aromatic N) is 2. The lowest BCUT2D eigenvalue weighted by molar-refractivity contribution is -0.120. The van der Waals surface area contributed by atoms with E-state index in [0.717, 1.165) is 35.2 Å². The van der Waals surface area contributed by atoms with E-state index in [1.807, 2.05) is 42.5 Å². The van der Waals surface area contributed by atoms with Gasteiger partial charge in [0.05, 0.1) is 18.4 Å². The first kappa shape index (κ1) is 18.2. The maximum Gasteiger partial charge on any atom is 0.253 e. The third-order valence-electron chi connectivity index (χ3n) is 5.00. The second-order valence-corrected chi connectivity index (χ2v) is 7.21. The molecule has 142 valence electrons. The molecule has 1 amide bonds. The molecular formula is C23H23N3O2.